The van der Waals surface area contributed by atoms with Gasteiger partial charge in [-0.2, -0.15) is 0 Å². The van der Waals surface area contributed by atoms with E-state index in [9.17, 15) is 4.79 Å². The van der Waals surface area contributed by atoms with E-state index in [-0.39, 0.29) is 5.91 Å². The molecule has 3 rings (SSSR count). The molecule has 1 aliphatic heterocycles. The monoisotopic (exact) mass is 314 g/mol. The lowest BCUT2D eigenvalue weighted by molar-refractivity contribution is 0.0786. The van der Waals surface area contributed by atoms with Crippen LogP contribution in [0.2, 0.25) is 0 Å². The summed E-state index contributed by atoms with van der Waals surface area (Å²) < 4.78 is 2.11. The van der Waals surface area contributed by atoms with E-state index in [0.29, 0.717) is 18.1 Å². The average Bonchev–Trinajstić information content (AvgIpc) is 3.25. The second-order valence-electron chi connectivity index (χ2n) is 5.68. The first-order valence-electron chi connectivity index (χ1n) is 8.13. The Hall–Kier alpha value is -2.44. The molecule has 0 aliphatic carbocycles. The van der Waals surface area contributed by atoms with Gasteiger partial charge in [-0.25, -0.2) is 9.97 Å². The topological polar surface area (TPSA) is 75.9 Å². The van der Waals surface area contributed by atoms with Crippen LogP contribution in [0.1, 0.15) is 42.5 Å². The Labute approximate surface area is 135 Å². The lowest BCUT2D eigenvalue weighted by atomic mass is 10.4. The van der Waals surface area contributed by atoms with Crippen LogP contribution in [0.15, 0.2) is 24.8 Å². The number of imidazole rings is 1. The maximum atomic E-state index is 12.4. The Kier molecular flexibility index (Phi) is 4.85. The standard InChI is InChI=1S/C16H22N6O/c1-2-6-21-9-5-18-15(21)12-19-14-11-17-10-13(20-14)16(23)22-7-3-4-8-22/h5,9-11H,2-4,6-8,12H2,1H3,(H,19,20). The van der Waals surface area contributed by atoms with Crippen LogP contribution in [0.4, 0.5) is 5.82 Å². The van der Waals surface area contributed by atoms with Gasteiger partial charge in [0.05, 0.1) is 18.9 Å². The highest BCUT2D eigenvalue weighted by Gasteiger charge is 2.21. The van der Waals surface area contributed by atoms with Crippen molar-refractivity contribution in [3.63, 3.8) is 0 Å². The first-order chi connectivity index (χ1) is 11.3. The number of aryl methyl sites for hydroxylation is 1. The lowest BCUT2D eigenvalue weighted by Crippen LogP contribution is -2.28. The molecular formula is C16H22N6O. The highest BCUT2D eigenvalue weighted by atomic mass is 16.2. The number of likely N-dealkylation sites (tertiary alicyclic amines) is 1. The van der Waals surface area contributed by atoms with Gasteiger partial charge in [0.2, 0.25) is 0 Å². The maximum Gasteiger partial charge on any atom is 0.274 e. The lowest BCUT2D eigenvalue weighted by Gasteiger charge is -2.14. The molecule has 0 saturated carbocycles. The van der Waals surface area contributed by atoms with E-state index in [1.54, 1.807) is 12.4 Å². The Balaban J connectivity index is 1.65. The van der Waals surface area contributed by atoms with Crippen LogP contribution in [0.25, 0.3) is 0 Å². The molecule has 7 heteroatoms. The number of aromatic nitrogens is 4. The fraction of sp³-hybridized carbons (Fsp3) is 0.500. The summed E-state index contributed by atoms with van der Waals surface area (Å²) in [6.45, 7) is 5.26. The van der Waals surface area contributed by atoms with Crippen LogP contribution in [0.3, 0.4) is 0 Å². The Morgan fingerprint density at radius 1 is 1.30 bits per heavy atom. The molecule has 1 fully saturated rings. The fourth-order valence-corrected chi connectivity index (χ4v) is 2.76. The van der Waals surface area contributed by atoms with E-state index < -0.39 is 0 Å². The van der Waals surface area contributed by atoms with Crippen molar-refractivity contribution in [2.75, 3.05) is 18.4 Å². The SMILES string of the molecule is CCCn1ccnc1CNc1cncc(C(=O)N2CCCC2)n1. The van der Waals surface area contributed by atoms with E-state index in [1.807, 2.05) is 11.1 Å². The molecule has 2 aromatic rings. The second kappa shape index (κ2) is 7.21. The quantitative estimate of drug-likeness (QED) is 0.881. The number of amides is 1. The van der Waals surface area contributed by atoms with Gasteiger partial charge in [0.25, 0.3) is 5.91 Å². The van der Waals surface area contributed by atoms with Crippen molar-refractivity contribution in [2.45, 2.75) is 39.3 Å². The molecule has 7 nitrogen and oxygen atoms in total. The zero-order valence-corrected chi connectivity index (χ0v) is 13.4. The number of carbonyl (C=O) groups excluding carboxylic acids is 1. The second-order valence-corrected chi connectivity index (χ2v) is 5.68. The summed E-state index contributed by atoms with van der Waals surface area (Å²) in [6, 6.07) is 0. The van der Waals surface area contributed by atoms with E-state index in [0.717, 1.165) is 44.7 Å². The molecule has 23 heavy (non-hydrogen) atoms. The molecule has 0 spiro atoms. The third-order valence-corrected chi connectivity index (χ3v) is 3.94. The number of nitrogens with zero attached hydrogens (tertiary/aromatic N) is 5. The molecule has 1 N–H and O–H groups in total. The third-order valence-electron chi connectivity index (χ3n) is 3.94. The van der Waals surface area contributed by atoms with Gasteiger partial charge in [0.15, 0.2) is 0 Å². The summed E-state index contributed by atoms with van der Waals surface area (Å²) in [5.41, 5.74) is 0.397. The largest absolute Gasteiger partial charge is 0.362 e. The first kappa shape index (κ1) is 15.5. The average molecular weight is 314 g/mol. The molecule has 0 unspecified atom stereocenters. The number of hydrogen-bond acceptors (Lipinski definition) is 5. The molecular weight excluding hydrogens is 292 g/mol. The Morgan fingerprint density at radius 2 is 2.13 bits per heavy atom. The molecule has 1 aliphatic rings. The van der Waals surface area contributed by atoms with Gasteiger partial charge in [-0.15, -0.1) is 0 Å². The van der Waals surface area contributed by atoms with Gasteiger partial charge in [-0.05, 0) is 19.3 Å². The number of anilines is 1. The van der Waals surface area contributed by atoms with Crippen LogP contribution in [-0.2, 0) is 13.1 Å². The zero-order valence-electron chi connectivity index (χ0n) is 13.4. The van der Waals surface area contributed by atoms with Crippen LogP contribution < -0.4 is 5.32 Å². The highest BCUT2D eigenvalue weighted by molar-refractivity contribution is 5.92. The Morgan fingerprint density at radius 3 is 2.91 bits per heavy atom. The molecule has 2 aromatic heterocycles. The van der Waals surface area contributed by atoms with E-state index in [4.69, 9.17) is 0 Å². The van der Waals surface area contributed by atoms with Crippen molar-refractivity contribution in [1.29, 1.82) is 0 Å². The van der Waals surface area contributed by atoms with Gasteiger partial charge in [0, 0.05) is 32.0 Å². The maximum absolute atomic E-state index is 12.4. The van der Waals surface area contributed by atoms with Gasteiger partial charge in [-0.1, -0.05) is 6.92 Å². The summed E-state index contributed by atoms with van der Waals surface area (Å²) in [7, 11) is 0. The van der Waals surface area contributed by atoms with Gasteiger partial charge >= 0.3 is 0 Å². The van der Waals surface area contributed by atoms with Crippen LogP contribution in [0, 0.1) is 0 Å². The van der Waals surface area contributed by atoms with Crippen LogP contribution in [-0.4, -0.2) is 43.4 Å². The summed E-state index contributed by atoms with van der Waals surface area (Å²) in [5.74, 6) is 1.51. The minimum atomic E-state index is -0.0360. The summed E-state index contributed by atoms with van der Waals surface area (Å²) in [6.07, 6.45) is 10.1. The summed E-state index contributed by atoms with van der Waals surface area (Å²) >= 11 is 0. The number of rotatable bonds is 6. The van der Waals surface area contributed by atoms with E-state index >= 15 is 0 Å². The molecule has 0 bridgehead atoms. The van der Waals surface area contributed by atoms with Gasteiger partial charge in [-0.3, -0.25) is 9.78 Å². The van der Waals surface area contributed by atoms with Crippen molar-refractivity contribution in [2.24, 2.45) is 0 Å². The molecule has 0 aromatic carbocycles. The van der Waals surface area contributed by atoms with Crippen molar-refractivity contribution < 1.29 is 4.79 Å². The van der Waals surface area contributed by atoms with Crippen molar-refractivity contribution in [3.8, 4) is 0 Å². The van der Waals surface area contributed by atoms with Crippen molar-refractivity contribution in [3.05, 3.63) is 36.3 Å². The van der Waals surface area contributed by atoms with E-state index in [1.165, 1.54) is 6.20 Å². The molecule has 0 radical (unpaired) electrons. The molecule has 1 saturated heterocycles. The molecule has 1 amide bonds. The predicted molar refractivity (Wildman–Crippen MR) is 87.0 cm³/mol. The first-order valence-corrected chi connectivity index (χ1v) is 8.13. The van der Waals surface area contributed by atoms with E-state index in [2.05, 4.69) is 31.8 Å². The van der Waals surface area contributed by atoms with Gasteiger partial charge in [0.1, 0.15) is 17.3 Å². The van der Waals surface area contributed by atoms with Crippen LogP contribution in [0.5, 0.6) is 0 Å². The minimum absolute atomic E-state index is 0.0360. The number of carbonyl (C=O) groups is 1. The summed E-state index contributed by atoms with van der Waals surface area (Å²) in [5, 5.41) is 3.20. The molecule has 122 valence electrons. The molecule has 3 heterocycles. The summed E-state index contributed by atoms with van der Waals surface area (Å²) in [4.78, 5) is 27.1. The zero-order chi connectivity index (χ0) is 16.1. The Bertz CT molecular complexity index is 662. The number of nitrogens with one attached hydrogen (secondary N) is 1. The molecule has 0 atom stereocenters. The minimum Gasteiger partial charge on any atom is -0.362 e. The third kappa shape index (κ3) is 3.67. The van der Waals surface area contributed by atoms with Gasteiger partial charge < -0.3 is 14.8 Å². The van der Waals surface area contributed by atoms with Crippen molar-refractivity contribution in [1.82, 2.24) is 24.4 Å². The fourth-order valence-electron chi connectivity index (χ4n) is 2.76. The predicted octanol–water partition coefficient (Wildman–Crippen LogP) is 1.93. The number of hydrogen-bond donors (Lipinski definition) is 1. The van der Waals surface area contributed by atoms with Crippen molar-refractivity contribution >= 4 is 11.7 Å². The smallest absolute Gasteiger partial charge is 0.274 e. The highest BCUT2D eigenvalue weighted by Crippen LogP contribution is 2.12. The van der Waals surface area contributed by atoms with Crippen LogP contribution >= 0.6 is 0 Å². The normalized spacial score (nSPS) is 14.2.